The molecule has 4 heteroatoms. The molecule has 0 aliphatic heterocycles. The molecule has 1 heterocycles. The third kappa shape index (κ3) is 3.30. The maximum atomic E-state index is 11.6. The molecule has 0 aromatic carbocycles. The zero-order valence-corrected chi connectivity index (χ0v) is 9.63. The lowest BCUT2D eigenvalue weighted by Gasteiger charge is -2.16. The van der Waals surface area contributed by atoms with E-state index in [9.17, 15) is 4.79 Å². The number of hydrogen-bond donors (Lipinski definition) is 0. The molecule has 0 bridgehead atoms. The van der Waals surface area contributed by atoms with E-state index in [2.05, 4.69) is 20.9 Å². The molecule has 0 unspecified atom stereocenters. The Bertz CT molecular complexity index is 312. The maximum absolute atomic E-state index is 11.6. The fourth-order valence-electron chi connectivity index (χ4n) is 0.980. The summed E-state index contributed by atoms with van der Waals surface area (Å²) in [6, 6.07) is 0. The summed E-state index contributed by atoms with van der Waals surface area (Å²) in [7, 11) is 0. The molecule has 0 spiro atoms. The lowest BCUT2D eigenvalue weighted by molar-refractivity contribution is 0.0856. The van der Waals surface area contributed by atoms with Gasteiger partial charge in [0.15, 0.2) is 0 Å². The molecule has 1 rings (SSSR count). The summed E-state index contributed by atoms with van der Waals surface area (Å²) >= 11 is 3.20. The molecule has 0 aliphatic carbocycles. The highest BCUT2D eigenvalue weighted by Gasteiger charge is 2.17. The fraction of sp³-hybridized carbons (Fsp3) is 0.556. The van der Waals surface area contributed by atoms with Gasteiger partial charge in [0.25, 0.3) is 0 Å². The summed E-state index contributed by atoms with van der Waals surface area (Å²) in [5.74, 6) is 0.0747. The Kier molecular flexibility index (Phi) is 2.91. The van der Waals surface area contributed by atoms with Crippen molar-refractivity contribution in [3.05, 3.63) is 17.1 Å². The lowest BCUT2D eigenvalue weighted by Crippen LogP contribution is -2.17. The van der Waals surface area contributed by atoms with Crippen molar-refractivity contribution in [2.45, 2.75) is 27.2 Å². The number of carbonyl (C=O) groups excluding carboxylic acids is 1. The van der Waals surface area contributed by atoms with Crippen molar-refractivity contribution in [1.82, 2.24) is 9.55 Å². The van der Waals surface area contributed by atoms with Crippen LogP contribution < -0.4 is 0 Å². The first-order valence-electron chi connectivity index (χ1n) is 4.11. The van der Waals surface area contributed by atoms with Gasteiger partial charge in [0, 0.05) is 12.6 Å². The molecule has 3 nitrogen and oxygen atoms in total. The quantitative estimate of drug-likeness (QED) is 0.762. The second-order valence-corrected chi connectivity index (χ2v) is 5.05. The monoisotopic (exact) mass is 244 g/mol. The molecule has 0 saturated heterocycles. The first-order valence-corrected chi connectivity index (χ1v) is 4.90. The molecule has 0 amide bonds. The van der Waals surface area contributed by atoms with Crippen LogP contribution in [-0.4, -0.2) is 15.5 Å². The summed E-state index contributed by atoms with van der Waals surface area (Å²) in [6.07, 6.45) is 3.72. The van der Waals surface area contributed by atoms with Gasteiger partial charge in [-0.25, -0.2) is 4.98 Å². The van der Waals surface area contributed by atoms with Crippen LogP contribution in [0.2, 0.25) is 0 Å². The predicted octanol–water partition coefficient (Wildman–Crippen LogP) is 2.72. The highest BCUT2D eigenvalue weighted by molar-refractivity contribution is 9.10. The van der Waals surface area contributed by atoms with Crippen molar-refractivity contribution in [1.29, 1.82) is 0 Å². The molecular formula is C9H13BrN2O. The first-order chi connectivity index (χ1) is 5.88. The predicted molar refractivity (Wildman–Crippen MR) is 54.6 cm³/mol. The molecule has 72 valence electrons. The van der Waals surface area contributed by atoms with Gasteiger partial charge < -0.3 is 0 Å². The van der Waals surface area contributed by atoms with E-state index in [0.717, 1.165) is 0 Å². The Labute approximate surface area is 86.3 Å². The van der Waals surface area contributed by atoms with Crippen LogP contribution in [0.25, 0.3) is 0 Å². The summed E-state index contributed by atoms with van der Waals surface area (Å²) in [4.78, 5) is 15.5. The summed E-state index contributed by atoms with van der Waals surface area (Å²) in [5.41, 5.74) is 0.0217. The average molecular weight is 245 g/mol. The van der Waals surface area contributed by atoms with Crippen molar-refractivity contribution < 1.29 is 4.79 Å². The van der Waals surface area contributed by atoms with E-state index >= 15 is 0 Å². The van der Waals surface area contributed by atoms with Gasteiger partial charge >= 0.3 is 0 Å². The number of hydrogen-bond acceptors (Lipinski definition) is 2. The molecule has 0 saturated carbocycles. The zero-order chi connectivity index (χ0) is 10.1. The maximum Gasteiger partial charge on any atom is 0.232 e. The van der Waals surface area contributed by atoms with E-state index in [0.29, 0.717) is 11.0 Å². The highest BCUT2D eigenvalue weighted by atomic mass is 79.9. The molecule has 1 aromatic heterocycles. The minimum atomic E-state index is 0.0217. The van der Waals surface area contributed by atoms with E-state index in [1.165, 1.54) is 10.9 Å². The summed E-state index contributed by atoms with van der Waals surface area (Å²) < 4.78 is 2.20. The van der Waals surface area contributed by atoms with E-state index in [1.54, 1.807) is 6.20 Å². The van der Waals surface area contributed by atoms with E-state index in [4.69, 9.17) is 0 Å². The normalized spacial score (nSPS) is 11.7. The minimum absolute atomic E-state index is 0.0217. The van der Waals surface area contributed by atoms with Gasteiger partial charge in [-0.15, -0.1) is 0 Å². The standard InChI is InChI=1S/C9H13BrN2O/c1-9(2,3)4-8(13)12-5-7(10)11-6-12/h5-6H,4H2,1-3H3. The third-order valence-electron chi connectivity index (χ3n) is 1.52. The molecule has 1 aromatic rings. The van der Waals surface area contributed by atoms with Crippen LogP contribution in [0.4, 0.5) is 0 Å². The smallest absolute Gasteiger partial charge is 0.232 e. The van der Waals surface area contributed by atoms with Crippen molar-refractivity contribution in [3.8, 4) is 0 Å². The van der Waals surface area contributed by atoms with Crippen LogP contribution in [0.1, 0.15) is 32.0 Å². The van der Waals surface area contributed by atoms with Gasteiger partial charge in [0.2, 0.25) is 5.91 Å². The SMILES string of the molecule is CC(C)(C)CC(=O)n1cnc(Br)c1. The highest BCUT2D eigenvalue weighted by Crippen LogP contribution is 2.19. The van der Waals surface area contributed by atoms with Crippen LogP contribution in [0, 0.1) is 5.41 Å². The average Bonchev–Trinajstić information content (AvgIpc) is 2.31. The Balaban J connectivity index is 2.70. The van der Waals surface area contributed by atoms with Crippen molar-refractivity contribution in [2.24, 2.45) is 5.41 Å². The third-order valence-corrected chi connectivity index (χ3v) is 1.93. The summed E-state index contributed by atoms with van der Waals surface area (Å²) in [6.45, 7) is 6.12. The number of nitrogens with zero attached hydrogens (tertiary/aromatic N) is 2. The van der Waals surface area contributed by atoms with Crippen LogP contribution in [0.3, 0.4) is 0 Å². The lowest BCUT2D eigenvalue weighted by atomic mass is 9.92. The topological polar surface area (TPSA) is 34.9 Å². The van der Waals surface area contributed by atoms with E-state index in [-0.39, 0.29) is 11.3 Å². The molecule has 0 radical (unpaired) electrons. The number of aromatic nitrogens is 2. The van der Waals surface area contributed by atoms with Gasteiger partial charge in [-0.3, -0.25) is 9.36 Å². The number of rotatable bonds is 1. The molecule has 0 aliphatic rings. The molecule has 0 N–H and O–H groups in total. The first kappa shape index (κ1) is 10.4. The number of carbonyl (C=O) groups is 1. The molecule has 0 fully saturated rings. The van der Waals surface area contributed by atoms with Crippen LogP contribution in [0.15, 0.2) is 17.1 Å². The second kappa shape index (κ2) is 3.62. The number of halogens is 1. The fourth-order valence-corrected chi connectivity index (χ4v) is 1.29. The van der Waals surface area contributed by atoms with Crippen LogP contribution >= 0.6 is 15.9 Å². The van der Waals surface area contributed by atoms with Gasteiger partial charge in [0.1, 0.15) is 10.9 Å². The Hall–Kier alpha value is -0.640. The Morgan fingerprint density at radius 1 is 1.62 bits per heavy atom. The van der Waals surface area contributed by atoms with Crippen molar-refractivity contribution >= 4 is 21.8 Å². The van der Waals surface area contributed by atoms with E-state index in [1.807, 2.05) is 20.8 Å². The zero-order valence-electron chi connectivity index (χ0n) is 8.04. The Morgan fingerprint density at radius 2 is 2.23 bits per heavy atom. The largest absolute Gasteiger partial charge is 0.275 e. The van der Waals surface area contributed by atoms with Crippen molar-refractivity contribution in [2.75, 3.05) is 0 Å². The van der Waals surface area contributed by atoms with Gasteiger partial charge in [0.05, 0.1) is 0 Å². The molecular weight excluding hydrogens is 232 g/mol. The molecule has 0 atom stereocenters. The molecule has 13 heavy (non-hydrogen) atoms. The van der Waals surface area contributed by atoms with Gasteiger partial charge in [-0.2, -0.15) is 0 Å². The number of imidazole rings is 1. The van der Waals surface area contributed by atoms with Crippen LogP contribution in [-0.2, 0) is 0 Å². The van der Waals surface area contributed by atoms with Crippen molar-refractivity contribution in [3.63, 3.8) is 0 Å². The second-order valence-electron chi connectivity index (χ2n) is 4.23. The van der Waals surface area contributed by atoms with Gasteiger partial charge in [-0.1, -0.05) is 20.8 Å². The Morgan fingerprint density at radius 3 is 2.62 bits per heavy atom. The van der Waals surface area contributed by atoms with Crippen LogP contribution in [0.5, 0.6) is 0 Å². The van der Waals surface area contributed by atoms with Gasteiger partial charge in [-0.05, 0) is 21.3 Å². The van der Waals surface area contributed by atoms with E-state index < -0.39 is 0 Å². The summed E-state index contributed by atoms with van der Waals surface area (Å²) in [5, 5.41) is 0. The minimum Gasteiger partial charge on any atom is -0.275 e.